The number of aromatic nitrogens is 3. The zero-order valence-electron chi connectivity index (χ0n) is 19.1. The van der Waals surface area contributed by atoms with Gasteiger partial charge in [0.25, 0.3) is 0 Å². The van der Waals surface area contributed by atoms with Crippen LogP contribution in [0.25, 0.3) is 21.9 Å². The lowest BCUT2D eigenvalue weighted by Crippen LogP contribution is -2.10. The number of unbranched alkanes of at least 4 members (excludes halogenated alkanes) is 2. The van der Waals surface area contributed by atoms with Crippen molar-refractivity contribution in [3.8, 4) is 0 Å². The lowest BCUT2D eigenvalue weighted by Gasteiger charge is -2.11. The van der Waals surface area contributed by atoms with E-state index in [2.05, 4.69) is 33.9 Å². The molecule has 0 radical (unpaired) electrons. The third kappa shape index (κ3) is 5.71. The minimum absolute atomic E-state index is 0.537. The maximum atomic E-state index is 10.0. The molecule has 0 fully saturated rings. The van der Waals surface area contributed by atoms with Gasteiger partial charge in [-0.15, -0.1) is 0 Å². The van der Waals surface area contributed by atoms with Crippen LogP contribution in [0.3, 0.4) is 0 Å². The Hall–Kier alpha value is -3.25. The molecule has 4 rings (SSSR count). The molecule has 2 aromatic carbocycles. The van der Waals surface area contributed by atoms with Crippen LogP contribution in [0.2, 0.25) is 0 Å². The van der Waals surface area contributed by atoms with Gasteiger partial charge in [-0.1, -0.05) is 61.9 Å². The predicted octanol–water partition coefficient (Wildman–Crippen LogP) is 5.01. The van der Waals surface area contributed by atoms with Gasteiger partial charge < -0.3 is 15.6 Å². The van der Waals surface area contributed by atoms with Crippen LogP contribution in [0.5, 0.6) is 0 Å². The molecule has 6 nitrogen and oxygen atoms in total. The van der Waals surface area contributed by atoms with E-state index in [9.17, 15) is 4.79 Å². The van der Waals surface area contributed by atoms with E-state index < -0.39 is 0 Å². The van der Waals surface area contributed by atoms with Gasteiger partial charge >= 0.3 is 0 Å². The SMILES string of the molecule is CCCCc1nc2c(N)nc3ccccc3c2n1CCCCNC.O=Cc1ccccc1. The lowest BCUT2D eigenvalue weighted by molar-refractivity contribution is 0.112. The van der Waals surface area contributed by atoms with Crippen molar-refractivity contribution in [1.29, 1.82) is 0 Å². The van der Waals surface area contributed by atoms with Gasteiger partial charge in [-0.3, -0.25) is 4.79 Å². The van der Waals surface area contributed by atoms with Crippen LogP contribution >= 0.6 is 0 Å². The summed E-state index contributed by atoms with van der Waals surface area (Å²) in [7, 11) is 2.00. The fourth-order valence-electron chi connectivity index (χ4n) is 3.77. The summed E-state index contributed by atoms with van der Waals surface area (Å²) in [6.07, 6.45) is 6.41. The van der Waals surface area contributed by atoms with Crippen molar-refractivity contribution in [1.82, 2.24) is 19.9 Å². The highest BCUT2D eigenvalue weighted by molar-refractivity contribution is 6.06. The van der Waals surface area contributed by atoms with E-state index in [0.717, 1.165) is 84.8 Å². The highest BCUT2D eigenvalue weighted by Gasteiger charge is 2.16. The van der Waals surface area contributed by atoms with Crippen LogP contribution in [-0.2, 0) is 13.0 Å². The van der Waals surface area contributed by atoms with Gasteiger partial charge in [0.05, 0.1) is 11.0 Å². The first-order valence-electron chi connectivity index (χ1n) is 11.4. The Balaban J connectivity index is 0.000000305. The van der Waals surface area contributed by atoms with Crippen molar-refractivity contribution in [2.24, 2.45) is 0 Å². The van der Waals surface area contributed by atoms with Crippen molar-refractivity contribution in [2.45, 2.75) is 45.6 Å². The normalized spacial score (nSPS) is 10.8. The second-order valence-electron chi connectivity index (χ2n) is 7.83. The molecule has 0 saturated carbocycles. The van der Waals surface area contributed by atoms with Gasteiger partial charge in [-0.25, -0.2) is 9.97 Å². The van der Waals surface area contributed by atoms with Crippen LogP contribution in [0, 0.1) is 0 Å². The molecular weight excluding hydrogens is 398 g/mol. The molecule has 2 heterocycles. The summed E-state index contributed by atoms with van der Waals surface area (Å²) in [5, 5.41) is 4.36. The van der Waals surface area contributed by atoms with Gasteiger partial charge in [0, 0.05) is 23.9 Å². The minimum Gasteiger partial charge on any atom is -0.382 e. The number of para-hydroxylation sites is 1. The number of fused-ring (bicyclic) bond motifs is 3. The first kappa shape index (κ1) is 23.4. The number of carbonyl (C=O) groups excluding carboxylic acids is 1. The molecule has 2 aromatic heterocycles. The van der Waals surface area contributed by atoms with E-state index in [-0.39, 0.29) is 0 Å². The number of nitrogens with two attached hydrogens (primary N) is 1. The highest BCUT2D eigenvalue weighted by Crippen LogP contribution is 2.29. The van der Waals surface area contributed by atoms with Crippen LogP contribution in [0.15, 0.2) is 54.6 Å². The monoisotopic (exact) mass is 431 g/mol. The number of benzene rings is 2. The molecule has 0 aliphatic heterocycles. The topological polar surface area (TPSA) is 85.8 Å². The number of carbonyl (C=O) groups is 1. The Bertz CT molecular complexity index is 1140. The Morgan fingerprint density at radius 2 is 1.75 bits per heavy atom. The summed E-state index contributed by atoms with van der Waals surface area (Å²) in [5.74, 6) is 1.68. The third-order valence-electron chi connectivity index (χ3n) is 5.44. The maximum absolute atomic E-state index is 10.0. The number of imidazole rings is 1. The van der Waals surface area contributed by atoms with Gasteiger partial charge in [0.15, 0.2) is 5.82 Å². The standard InChI is InChI=1S/C19H27N5.C7H6O/c1-3-4-11-16-23-17-18(24(16)13-8-7-12-21-2)14-9-5-6-10-15(14)22-19(17)20;8-6-7-4-2-1-3-5-7/h5-6,9-10,21H,3-4,7-8,11-13H2,1-2H3,(H2,20,22);1-6H. The van der Waals surface area contributed by atoms with E-state index in [1.54, 1.807) is 12.1 Å². The summed E-state index contributed by atoms with van der Waals surface area (Å²) < 4.78 is 2.38. The van der Waals surface area contributed by atoms with Crippen LogP contribution in [0.1, 0.15) is 48.8 Å². The fourth-order valence-corrected chi connectivity index (χ4v) is 3.77. The number of aryl methyl sites for hydroxylation is 2. The van der Waals surface area contributed by atoms with E-state index in [1.165, 1.54) is 0 Å². The van der Waals surface area contributed by atoms with Gasteiger partial charge in [-0.2, -0.15) is 0 Å². The van der Waals surface area contributed by atoms with E-state index in [4.69, 9.17) is 10.7 Å². The van der Waals surface area contributed by atoms with Crippen LogP contribution in [-0.4, -0.2) is 34.4 Å². The number of hydrogen-bond acceptors (Lipinski definition) is 5. The van der Waals surface area contributed by atoms with Crippen molar-refractivity contribution in [3.63, 3.8) is 0 Å². The molecule has 3 N–H and O–H groups in total. The Labute approximate surface area is 189 Å². The van der Waals surface area contributed by atoms with Gasteiger partial charge in [0.1, 0.15) is 17.6 Å². The summed E-state index contributed by atoms with van der Waals surface area (Å²) in [6.45, 7) is 4.23. The molecule has 0 saturated heterocycles. The Morgan fingerprint density at radius 3 is 2.44 bits per heavy atom. The number of nitrogen functional groups attached to an aromatic ring is 1. The molecule has 0 spiro atoms. The molecule has 0 bridgehead atoms. The summed E-state index contributed by atoms with van der Waals surface area (Å²) in [6, 6.07) is 17.3. The molecule has 6 heteroatoms. The average molecular weight is 432 g/mol. The smallest absolute Gasteiger partial charge is 0.152 e. The number of hydrogen-bond donors (Lipinski definition) is 2. The molecule has 32 heavy (non-hydrogen) atoms. The lowest BCUT2D eigenvalue weighted by atomic mass is 10.2. The van der Waals surface area contributed by atoms with Gasteiger partial charge in [-0.05, 0) is 38.9 Å². The highest BCUT2D eigenvalue weighted by atomic mass is 16.1. The summed E-state index contributed by atoms with van der Waals surface area (Å²) in [4.78, 5) is 19.4. The van der Waals surface area contributed by atoms with Crippen LogP contribution < -0.4 is 11.1 Å². The van der Waals surface area contributed by atoms with Crippen molar-refractivity contribution in [3.05, 3.63) is 66.0 Å². The Morgan fingerprint density at radius 1 is 1.00 bits per heavy atom. The zero-order chi connectivity index (χ0) is 22.8. The molecule has 0 unspecified atom stereocenters. The molecule has 0 aliphatic rings. The van der Waals surface area contributed by atoms with E-state index in [1.807, 2.05) is 37.4 Å². The van der Waals surface area contributed by atoms with E-state index >= 15 is 0 Å². The number of anilines is 1. The van der Waals surface area contributed by atoms with Crippen molar-refractivity contribution >= 4 is 34.0 Å². The van der Waals surface area contributed by atoms with E-state index in [0.29, 0.717) is 5.82 Å². The molecular formula is C26H33N5O. The number of aldehydes is 1. The maximum Gasteiger partial charge on any atom is 0.152 e. The zero-order valence-corrected chi connectivity index (χ0v) is 19.1. The first-order valence-corrected chi connectivity index (χ1v) is 11.4. The van der Waals surface area contributed by atoms with Gasteiger partial charge in [0.2, 0.25) is 0 Å². The summed E-state index contributed by atoms with van der Waals surface area (Å²) in [5.41, 5.74) is 9.89. The first-order chi connectivity index (χ1) is 15.7. The van der Waals surface area contributed by atoms with Crippen molar-refractivity contribution in [2.75, 3.05) is 19.3 Å². The molecule has 0 amide bonds. The number of rotatable bonds is 9. The number of nitrogens with one attached hydrogen (secondary N) is 1. The summed E-state index contributed by atoms with van der Waals surface area (Å²) >= 11 is 0. The Kier molecular flexibility index (Phi) is 8.75. The fraction of sp³-hybridized carbons (Fsp3) is 0.346. The second-order valence-corrected chi connectivity index (χ2v) is 7.83. The largest absolute Gasteiger partial charge is 0.382 e. The predicted molar refractivity (Wildman–Crippen MR) is 133 cm³/mol. The molecule has 4 aromatic rings. The molecule has 168 valence electrons. The molecule has 0 aliphatic carbocycles. The third-order valence-corrected chi connectivity index (χ3v) is 5.44. The average Bonchev–Trinajstić information content (AvgIpc) is 3.21. The number of nitrogens with zero attached hydrogens (tertiary/aromatic N) is 3. The molecule has 0 atom stereocenters. The van der Waals surface area contributed by atoms with Crippen molar-refractivity contribution < 1.29 is 4.79 Å². The second kappa shape index (κ2) is 12.0. The minimum atomic E-state index is 0.537. The quantitative estimate of drug-likeness (QED) is 0.287. The van der Waals surface area contributed by atoms with Crippen LogP contribution in [0.4, 0.5) is 5.82 Å². The number of pyridine rings is 1.